The molecule has 3 heterocycles. The van der Waals surface area contributed by atoms with Gasteiger partial charge in [0.05, 0.1) is 17.1 Å². The second-order valence-corrected chi connectivity index (χ2v) is 11.9. The van der Waals surface area contributed by atoms with Gasteiger partial charge in [0.25, 0.3) is 0 Å². The Bertz CT molecular complexity index is 1060. The van der Waals surface area contributed by atoms with Crippen LogP contribution in [0, 0.1) is 13.8 Å². The molecule has 2 saturated heterocycles. The standard InChI is InChI=1S/C18H29N5O6S2/c1-14-18(15(2)20(3)19-14)31(28,29)22-9-5-8-21(10-11-22)30(26,27)13-12-23-16(24)6-4-7-17(23)25/h4-13H2,1-3H3. The molecular weight excluding hydrogens is 446 g/mol. The van der Waals surface area contributed by atoms with Crippen molar-refractivity contribution in [2.45, 2.75) is 44.4 Å². The van der Waals surface area contributed by atoms with Crippen LogP contribution < -0.4 is 0 Å². The summed E-state index contributed by atoms with van der Waals surface area (Å²) in [6.45, 7) is 3.57. The van der Waals surface area contributed by atoms with Crippen molar-refractivity contribution < 1.29 is 26.4 Å². The summed E-state index contributed by atoms with van der Waals surface area (Å²) in [5.74, 6) is -1.05. The molecule has 174 valence electrons. The van der Waals surface area contributed by atoms with Crippen LogP contribution in [0.1, 0.15) is 37.1 Å². The zero-order valence-corrected chi connectivity index (χ0v) is 19.7. The SMILES string of the molecule is Cc1nn(C)c(C)c1S(=O)(=O)N1CCCN(S(=O)(=O)CCN2C(=O)CCCC2=O)CC1. The molecular formula is C18H29N5O6S2. The molecule has 0 radical (unpaired) electrons. The number of hydrogen-bond donors (Lipinski definition) is 0. The van der Waals surface area contributed by atoms with Crippen molar-refractivity contribution in [2.75, 3.05) is 38.5 Å². The Morgan fingerprint density at radius 3 is 2.03 bits per heavy atom. The van der Waals surface area contributed by atoms with Crippen LogP contribution in [-0.4, -0.2) is 90.4 Å². The fourth-order valence-electron chi connectivity index (χ4n) is 4.03. The van der Waals surface area contributed by atoms with E-state index in [1.807, 2.05) is 0 Å². The third kappa shape index (κ3) is 4.83. The molecule has 0 atom stereocenters. The molecule has 0 unspecified atom stereocenters. The maximum absolute atomic E-state index is 13.2. The van der Waals surface area contributed by atoms with Crippen molar-refractivity contribution in [3.63, 3.8) is 0 Å². The van der Waals surface area contributed by atoms with E-state index in [4.69, 9.17) is 0 Å². The minimum atomic E-state index is -3.81. The lowest BCUT2D eigenvalue weighted by atomic mass is 10.1. The van der Waals surface area contributed by atoms with E-state index >= 15 is 0 Å². The van der Waals surface area contributed by atoms with E-state index in [9.17, 15) is 26.4 Å². The smallest absolute Gasteiger partial charge is 0.246 e. The number of hydrogen-bond acceptors (Lipinski definition) is 7. The van der Waals surface area contributed by atoms with Crippen LogP contribution in [0.25, 0.3) is 0 Å². The predicted molar refractivity (Wildman–Crippen MR) is 112 cm³/mol. The lowest BCUT2D eigenvalue weighted by Gasteiger charge is -2.26. The minimum absolute atomic E-state index is 0.0157. The number of likely N-dealkylation sites (tertiary alicyclic amines) is 1. The Hall–Kier alpha value is -1.83. The topological polar surface area (TPSA) is 130 Å². The zero-order chi connectivity index (χ0) is 23.0. The van der Waals surface area contributed by atoms with Gasteiger partial charge in [-0.2, -0.15) is 9.40 Å². The van der Waals surface area contributed by atoms with Gasteiger partial charge in [0.15, 0.2) is 0 Å². The average Bonchev–Trinajstić information content (AvgIpc) is 2.86. The molecule has 0 aromatic carbocycles. The van der Waals surface area contributed by atoms with Gasteiger partial charge in [0.1, 0.15) is 4.90 Å². The van der Waals surface area contributed by atoms with Crippen LogP contribution >= 0.6 is 0 Å². The van der Waals surface area contributed by atoms with Crippen molar-refractivity contribution in [1.82, 2.24) is 23.3 Å². The number of sulfonamides is 2. The van der Waals surface area contributed by atoms with Gasteiger partial charge in [0, 0.05) is 52.6 Å². The third-order valence-corrected chi connectivity index (χ3v) is 9.81. The second kappa shape index (κ2) is 8.96. The van der Waals surface area contributed by atoms with E-state index in [1.54, 1.807) is 20.9 Å². The van der Waals surface area contributed by atoms with Crippen molar-refractivity contribution in [3.05, 3.63) is 11.4 Å². The number of amides is 2. The highest BCUT2D eigenvalue weighted by Gasteiger charge is 2.35. The minimum Gasteiger partial charge on any atom is -0.282 e. The quantitative estimate of drug-likeness (QED) is 0.512. The van der Waals surface area contributed by atoms with Crippen LogP contribution in [0.4, 0.5) is 0 Å². The Morgan fingerprint density at radius 2 is 1.45 bits per heavy atom. The molecule has 1 aromatic rings. The van der Waals surface area contributed by atoms with E-state index in [-0.39, 0.29) is 68.0 Å². The van der Waals surface area contributed by atoms with Gasteiger partial charge in [-0.1, -0.05) is 0 Å². The van der Waals surface area contributed by atoms with Crippen molar-refractivity contribution in [3.8, 4) is 0 Å². The molecule has 0 bridgehead atoms. The Kier molecular flexibility index (Phi) is 6.89. The molecule has 0 N–H and O–H groups in total. The molecule has 2 fully saturated rings. The highest BCUT2D eigenvalue weighted by Crippen LogP contribution is 2.24. The van der Waals surface area contributed by atoms with Gasteiger partial charge in [-0.05, 0) is 26.7 Å². The summed E-state index contributed by atoms with van der Waals surface area (Å²) >= 11 is 0. The van der Waals surface area contributed by atoms with E-state index in [0.717, 1.165) is 4.90 Å². The molecule has 3 rings (SSSR count). The second-order valence-electron chi connectivity index (χ2n) is 7.89. The molecule has 11 nitrogen and oxygen atoms in total. The largest absolute Gasteiger partial charge is 0.282 e. The first-order chi connectivity index (χ1) is 14.4. The number of carbonyl (C=O) groups is 2. The predicted octanol–water partition coefficient (Wildman–Crippen LogP) is -0.398. The molecule has 13 heteroatoms. The number of nitrogens with zero attached hydrogens (tertiary/aromatic N) is 5. The summed E-state index contributed by atoms with van der Waals surface area (Å²) in [5, 5.41) is 4.18. The summed E-state index contributed by atoms with van der Waals surface area (Å²) in [5.41, 5.74) is 0.937. The van der Waals surface area contributed by atoms with Gasteiger partial charge in [-0.15, -0.1) is 0 Å². The fraction of sp³-hybridized carbons (Fsp3) is 0.722. The average molecular weight is 476 g/mol. The molecule has 2 aliphatic heterocycles. The van der Waals surface area contributed by atoms with E-state index in [2.05, 4.69) is 5.10 Å². The van der Waals surface area contributed by atoms with E-state index in [1.165, 1.54) is 13.3 Å². The van der Waals surface area contributed by atoms with Crippen LogP contribution in [0.5, 0.6) is 0 Å². The summed E-state index contributed by atoms with van der Waals surface area (Å²) in [4.78, 5) is 25.0. The Balaban J connectivity index is 1.69. The molecule has 1 aromatic heterocycles. The summed E-state index contributed by atoms with van der Waals surface area (Å²) in [6.07, 6.45) is 1.33. The van der Waals surface area contributed by atoms with E-state index in [0.29, 0.717) is 24.2 Å². The maximum atomic E-state index is 13.2. The fourth-order valence-corrected chi connectivity index (χ4v) is 7.34. The monoisotopic (exact) mass is 475 g/mol. The Labute approximate surface area is 183 Å². The number of aromatic nitrogens is 2. The summed E-state index contributed by atoms with van der Waals surface area (Å²) in [6, 6.07) is 0. The molecule has 0 aliphatic carbocycles. The molecule has 2 amide bonds. The van der Waals surface area contributed by atoms with E-state index < -0.39 is 20.0 Å². The zero-order valence-electron chi connectivity index (χ0n) is 18.1. The van der Waals surface area contributed by atoms with Gasteiger partial charge in [-0.25, -0.2) is 21.1 Å². The van der Waals surface area contributed by atoms with Gasteiger partial charge in [-0.3, -0.25) is 19.2 Å². The number of rotatable bonds is 6. The van der Waals surface area contributed by atoms with Crippen LogP contribution in [-0.2, 0) is 36.7 Å². The molecule has 0 saturated carbocycles. The lowest BCUT2D eigenvalue weighted by Crippen LogP contribution is -2.45. The first-order valence-corrected chi connectivity index (χ1v) is 13.3. The Morgan fingerprint density at radius 1 is 0.871 bits per heavy atom. The van der Waals surface area contributed by atoms with Gasteiger partial charge >= 0.3 is 0 Å². The highest BCUT2D eigenvalue weighted by atomic mass is 32.2. The lowest BCUT2D eigenvalue weighted by molar-refractivity contribution is -0.147. The van der Waals surface area contributed by atoms with Gasteiger partial charge in [0.2, 0.25) is 31.9 Å². The normalized spacial score (nSPS) is 20.3. The summed E-state index contributed by atoms with van der Waals surface area (Å²) < 4.78 is 56.1. The highest BCUT2D eigenvalue weighted by molar-refractivity contribution is 7.89. The molecule has 31 heavy (non-hydrogen) atoms. The van der Waals surface area contributed by atoms with Crippen LogP contribution in [0.15, 0.2) is 4.90 Å². The number of aryl methyl sites for hydroxylation is 2. The van der Waals surface area contributed by atoms with Crippen molar-refractivity contribution >= 4 is 31.9 Å². The molecule has 2 aliphatic rings. The number of carbonyl (C=O) groups excluding carboxylic acids is 2. The summed E-state index contributed by atoms with van der Waals surface area (Å²) in [7, 11) is -5.88. The number of imide groups is 1. The third-order valence-electron chi connectivity index (χ3n) is 5.80. The van der Waals surface area contributed by atoms with Crippen LogP contribution in [0.2, 0.25) is 0 Å². The maximum Gasteiger partial charge on any atom is 0.246 e. The van der Waals surface area contributed by atoms with Crippen LogP contribution in [0.3, 0.4) is 0 Å². The number of piperidine rings is 1. The van der Waals surface area contributed by atoms with Gasteiger partial charge < -0.3 is 0 Å². The van der Waals surface area contributed by atoms with Crippen molar-refractivity contribution in [2.24, 2.45) is 7.05 Å². The first-order valence-electron chi connectivity index (χ1n) is 10.3. The first kappa shape index (κ1) is 23.8. The van der Waals surface area contributed by atoms with Crippen molar-refractivity contribution in [1.29, 1.82) is 0 Å². The molecule has 0 spiro atoms.